The maximum Gasteiger partial charge on any atom is 0.177 e. The van der Waals surface area contributed by atoms with Crippen LogP contribution in [-0.4, -0.2) is 14.5 Å². The van der Waals surface area contributed by atoms with Crippen molar-refractivity contribution in [3.05, 3.63) is 5.82 Å². The maximum absolute atomic E-state index is 7.08. The van der Waals surface area contributed by atoms with Crippen molar-refractivity contribution in [2.45, 2.75) is 30.5 Å². The van der Waals surface area contributed by atoms with Crippen molar-refractivity contribution in [2.24, 2.45) is 5.73 Å². The van der Waals surface area contributed by atoms with Gasteiger partial charge >= 0.3 is 0 Å². The van der Waals surface area contributed by atoms with Gasteiger partial charge < -0.3 is 5.73 Å². The first-order valence-electron chi connectivity index (χ1n) is 3.75. The van der Waals surface area contributed by atoms with Crippen LogP contribution in [0.4, 0.5) is 0 Å². The zero-order chi connectivity index (χ0) is 10.1. The maximum atomic E-state index is 7.08. The van der Waals surface area contributed by atoms with Crippen molar-refractivity contribution in [1.82, 2.24) is 9.36 Å². The second-order valence-corrected chi connectivity index (χ2v) is 5.64. The summed E-state index contributed by atoms with van der Waals surface area (Å²) in [6, 6.07) is 0. The number of nitrogens with two attached hydrogens (primary N) is 1. The molecule has 0 fully saturated rings. The Morgan fingerprint density at radius 1 is 1.54 bits per heavy atom. The fourth-order valence-corrected chi connectivity index (χ4v) is 2.11. The van der Waals surface area contributed by atoms with Crippen molar-refractivity contribution < 1.29 is 0 Å². The Morgan fingerprint density at radius 2 is 2.15 bits per heavy atom. The summed E-state index contributed by atoms with van der Waals surface area (Å²) in [5.74, 6) is 0.807. The summed E-state index contributed by atoms with van der Waals surface area (Å²) in [5, 5.41) is 7.13. The molecular weight excluding hydrogens is 204 g/mol. The third-order valence-electron chi connectivity index (χ3n) is 1.28. The summed E-state index contributed by atoms with van der Waals surface area (Å²) in [6.07, 6.45) is 0. The number of thioether (sulfide) groups is 1. The fraction of sp³-hybridized carbons (Fsp3) is 0.571. The summed E-state index contributed by atoms with van der Waals surface area (Å²) in [7, 11) is 0. The van der Waals surface area contributed by atoms with E-state index >= 15 is 0 Å². The Balaban J connectivity index is 2.81. The minimum absolute atomic E-state index is 0.0356. The number of rotatable bonds is 1. The van der Waals surface area contributed by atoms with E-state index in [1.165, 1.54) is 11.5 Å². The average molecular weight is 216 g/mol. The molecule has 0 saturated heterocycles. The molecule has 4 nitrogen and oxygen atoms in total. The molecule has 0 aliphatic carbocycles. The minimum Gasteiger partial charge on any atom is -0.378 e. The van der Waals surface area contributed by atoms with Gasteiger partial charge in [-0.15, -0.1) is 0 Å². The fourth-order valence-electron chi connectivity index (χ4n) is 0.650. The predicted molar refractivity (Wildman–Crippen MR) is 56.4 cm³/mol. The minimum atomic E-state index is -0.0356. The van der Waals surface area contributed by atoms with Gasteiger partial charge in [-0.05, 0) is 23.3 Å². The van der Waals surface area contributed by atoms with E-state index in [4.69, 9.17) is 11.1 Å². The van der Waals surface area contributed by atoms with Gasteiger partial charge in [0.05, 0.1) is 0 Å². The molecule has 0 aliphatic rings. The van der Waals surface area contributed by atoms with Crippen LogP contribution in [0, 0.1) is 5.41 Å². The number of hydrogen-bond acceptors (Lipinski definition) is 5. The van der Waals surface area contributed by atoms with Gasteiger partial charge in [-0.25, -0.2) is 4.98 Å². The van der Waals surface area contributed by atoms with E-state index in [9.17, 15) is 0 Å². The van der Waals surface area contributed by atoms with E-state index in [1.54, 1.807) is 0 Å². The van der Waals surface area contributed by atoms with E-state index in [2.05, 4.69) is 30.1 Å². The second-order valence-electron chi connectivity index (χ2n) is 3.60. The Morgan fingerprint density at radius 3 is 2.54 bits per heavy atom. The third kappa shape index (κ3) is 2.96. The Bertz CT molecular complexity index is 313. The van der Waals surface area contributed by atoms with Crippen LogP contribution in [0.1, 0.15) is 26.6 Å². The lowest BCUT2D eigenvalue weighted by Gasteiger charge is -2.11. The molecular formula is C7H12N4S2. The molecule has 1 heterocycles. The zero-order valence-electron chi connectivity index (χ0n) is 7.79. The van der Waals surface area contributed by atoms with E-state index < -0.39 is 0 Å². The van der Waals surface area contributed by atoms with Crippen LogP contribution >= 0.6 is 23.3 Å². The predicted octanol–water partition coefficient (Wildman–Crippen LogP) is 1.82. The molecule has 1 aromatic heterocycles. The smallest absolute Gasteiger partial charge is 0.177 e. The summed E-state index contributed by atoms with van der Waals surface area (Å²) < 4.78 is 4.93. The number of hydrogen-bond donors (Lipinski definition) is 2. The molecule has 6 heteroatoms. The van der Waals surface area contributed by atoms with Crippen LogP contribution < -0.4 is 5.73 Å². The first kappa shape index (κ1) is 10.5. The third-order valence-corrected chi connectivity index (χ3v) is 2.75. The van der Waals surface area contributed by atoms with E-state index in [-0.39, 0.29) is 10.6 Å². The summed E-state index contributed by atoms with van der Waals surface area (Å²) in [5.41, 5.74) is 5.19. The number of amidine groups is 1. The molecule has 1 rings (SSSR count). The molecule has 0 saturated carbocycles. The molecule has 3 N–H and O–H groups in total. The molecule has 0 radical (unpaired) electrons. The highest BCUT2D eigenvalue weighted by Gasteiger charge is 2.19. The first-order chi connectivity index (χ1) is 5.89. The standard InChI is InChI=1S/C7H12N4S2/c1-7(2,3)4-10-6(13-11-4)12-5(8)9/h1-3H3,(H3,8,9). The van der Waals surface area contributed by atoms with Gasteiger partial charge in [-0.2, -0.15) is 4.37 Å². The summed E-state index contributed by atoms with van der Waals surface area (Å²) in [4.78, 5) is 4.27. The second kappa shape index (κ2) is 3.63. The number of aromatic nitrogens is 2. The summed E-state index contributed by atoms with van der Waals surface area (Å²) >= 11 is 2.43. The normalized spacial score (nSPS) is 11.6. The zero-order valence-corrected chi connectivity index (χ0v) is 9.42. The van der Waals surface area contributed by atoms with Crippen molar-refractivity contribution in [3.63, 3.8) is 0 Å². The van der Waals surface area contributed by atoms with Crippen molar-refractivity contribution >= 4 is 28.5 Å². The van der Waals surface area contributed by atoms with Crippen molar-refractivity contribution in [2.75, 3.05) is 0 Å². The van der Waals surface area contributed by atoms with E-state index in [1.807, 2.05) is 0 Å². The van der Waals surface area contributed by atoms with Gasteiger partial charge in [-0.1, -0.05) is 20.8 Å². The van der Waals surface area contributed by atoms with Gasteiger partial charge in [0, 0.05) is 5.41 Å². The number of nitrogens with zero attached hydrogens (tertiary/aromatic N) is 2. The van der Waals surface area contributed by atoms with Crippen molar-refractivity contribution in [1.29, 1.82) is 5.41 Å². The van der Waals surface area contributed by atoms with Crippen LogP contribution in [0.2, 0.25) is 0 Å². The first-order valence-corrected chi connectivity index (χ1v) is 5.34. The van der Waals surface area contributed by atoms with E-state index in [0.29, 0.717) is 0 Å². The van der Waals surface area contributed by atoms with Crippen LogP contribution in [0.25, 0.3) is 0 Å². The van der Waals surface area contributed by atoms with Gasteiger partial charge in [-0.3, -0.25) is 5.41 Å². The van der Waals surface area contributed by atoms with Gasteiger partial charge in [0.2, 0.25) is 0 Å². The highest BCUT2D eigenvalue weighted by atomic mass is 32.2. The molecule has 72 valence electrons. The molecule has 0 aliphatic heterocycles. The Hall–Kier alpha value is -0.620. The summed E-state index contributed by atoms with van der Waals surface area (Å²) in [6.45, 7) is 6.16. The molecule has 0 aromatic carbocycles. The van der Waals surface area contributed by atoms with Crippen molar-refractivity contribution in [3.8, 4) is 0 Å². The van der Waals surface area contributed by atoms with Crippen LogP contribution in [-0.2, 0) is 5.41 Å². The molecule has 0 unspecified atom stereocenters. The highest BCUT2D eigenvalue weighted by molar-refractivity contribution is 8.14. The highest BCUT2D eigenvalue weighted by Crippen LogP contribution is 2.25. The van der Waals surface area contributed by atoms with E-state index in [0.717, 1.165) is 21.9 Å². The lowest BCUT2D eigenvalue weighted by molar-refractivity contribution is 0.551. The van der Waals surface area contributed by atoms with Crippen LogP contribution in [0.3, 0.4) is 0 Å². The molecule has 13 heavy (non-hydrogen) atoms. The van der Waals surface area contributed by atoms with Gasteiger partial charge in [0.1, 0.15) is 5.82 Å². The monoisotopic (exact) mass is 216 g/mol. The molecule has 1 aromatic rings. The molecule has 0 spiro atoms. The lowest BCUT2D eigenvalue weighted by Crippen LogP contribution is -2.13. The number of nitrogens with one attached hydrogen (secondary N) is 1. The van der Waals surface area contributed by atoms with Crippen LogP contribution in [0.15, 0.2) is 4.34 Å². The van der Waals surface area contributed by atoms with Gasteiger partial charge in [0.15, 0.2) is 9.51 Å². The topological polar surface area (TPSA) is 75.7 Å². The molecule has 0 amide bonds. The quantitative estimate of drug-likeness (QED) is 0.426. The lowest BCUT2D eigenvalue weighted by atomic mass is 9.96. The molecule has 0 bridgehead atoms. The SMILES string of the molecule is CC(C)(C)c1nsc(SC(=N)N)n1. The largest absolute Gasteiger partial charge is 0.378 e. The van der Waals surface area contributed by atoms with Crippen LogP contribution in [0.5, 0.6) is 0 Å². The average Bonchev–Trinajstić information content (AvgIpc) is 2.32. The Kier molecular flexibility index (Phi) is 2.92. The van der Waals surface area contributed by atoms with Gasteiger partial charge in [0.25, 0.3) is 0 Å². The molecule has 0 atom stereocenters. The Labute approximate surface area is 85.6 Å².